The quantitative estimate of drug-likeness (QED) is 0.117. The average Bonchev–Trinajstić information content (AvgIpc) is 3.74. The number of hydrogen-bond donors (Lipinski definition) is 1. The number of morpholine rings is 1. The Morgan fingerprint density at radius 1 is 0.691 bits per heavy atom. The van der Waals surface area contributed by atoms with E-state index in [1.807, 2.05) is 12.4 Å². The van der Waals surface area contributed by atoms with E-state index < -0.39 is 11.0 Å². The number of nitrogens with one attached hydrogen (secondary N) is 1. The second-order valence-corrected chi connectivity index (χ2v) is 15.1. The van der Waals surface area contributed by atoms with Gasteiger partial charge in [0.15, 0.2) is 0 Å². The van der Waals surface area contributed by atoms with Gasteiger partial charge in [0.25, 0.3) is 0 Å². The van der Waals surface area contributed by atoms with Crippen LogP contribution in [0.2, 0.25) is 0 Å². The molecule has 0 radical (unpaired) electrons. The van der Waals surface area contributed by atoms with E-state index in [-0.39, 0.29) is 0 Å². The molecule has 0 amide bonds. The maximum Gasteiger partial charge on any atom is 0.126 e. The minimum atomic E-state index is -0.991. The highest BCUT2D eigenvalue weighted by Crippen LogP contribution is 2.60. The van der Waals surface area contributed by atoms with Crippen LogP contribution in [0.25, 0.3) is 0 Å². The third kappa shape index (κ3) is 7.04. The van der Waals surface area contributed by atoms with Crippen LogP contribution in [-0.4, -0.2) is 103 Å². The standard InChI is InChI=1S/C46H61N7O2/c1-11-52(12-2)40-23-25-42(43(33-40)55-13-3)45(44-47-26-27-48-44,35-14-18-37(19-15-35)49(5)6)46(53-28-30-54-31-29-53,36-16-20-38(21-17-36)50(7)8)41-24-22-39(51(9)10)32-34(41)4/h14-27,32-33H,11-13,28-31H2,1-10H3,(H,47,48). The summed E-state index contributed by atoms with van der Waals surface area (Å²) in [6, 6.07) is 32.0. The fraction of sp³-hybridized carbons (Fsp3) is 0.413. The first-order valence-electron chi connectivity index (χ1n) is 19.7. The summed E-state index contributed by atoms with van der Waals surface area (Å²) >= 11 is 0. The van der Waals surface area contributed by atoms with Gasteiger partial charge < -0.3 is 34.1 Å². The summed E-state index contributed by atoms with van der Waals surface area (Å²) in [7, 11) is 12.6. The number of ether oxygens (including phenoxy) is 2. The minimum absolute atomic E-state index is 0.515. The van der Waals surface area contributed by atoms with E-state index in [9.17, 15) is 0 Å². The van der Waals surface area contributed by atoms with E-state index in [1.165, 1.54) is 11.1 Å². The Morgan fingerprint density at radius 2 is 1.24 bits per heavy atom. The van der Waals surface area contributed by atoms with Crippen molar-refractivity contribution in [1.82, 2.24) is 14.9 Å². The molecule has 55 heavy (non-hydrogen) atoms. The Labute approximate surface area is 329 Å². The van der Waals surface area contributed by atoms with Crippen molar-refractivity contribution in [2.24, 2.45) is 0 Å². The van der Waals surface area contributed by atoms with E-state index in [0.717, 1.165) is 64.1 Å². The predicted octanol–water partition coefficient (Wildman–Crippen LogP) is 7.77. The fourth-order valence-corrected chi connectivity index (χ4v) is 8.75. The minimum Gasteiger partial charge on any atom is -0.493 e. The van der Waals surface area contributed by atoms with Crippen molar-refractivity contribution in [3.05, 3.63) is 131 Å². The van der Waals surface area contributed by atoms with Gasteiger partial charge in [-0.1, -0.05) is 36.4 Å². The van der Waals surface area contributed by atoms with Gasteiger partial charge in [-0.3, -0.25) is 4.90 Å². The summed E-state index contributed by atoms with van der Waals surface area (Å²) in [6.45, 7) is 13.7. The molecule has 292 valence electrons. The maximum atomic E-state index is 6.86. The molecule has 9 heteroatoms. The molecule has 2 unspecified atom stereocenters. The number of benzene rings is 4. The molecule has 9 nitrogen and oxygen atoms in total. The van der Waals surface area contributed by atoms with Gasteiger partial charge in [0, 0.05) is 115 Å². The van der Waals surface area contributed by atoms with Gasteiger partial charge in [-0.15, -0.1) is 0 Å². The van der Waals surface area contributed by atoms with Crippen LogP contribution in [0.1, 0.15) is 54.4 Å². The monoisotopic (exact) mass is 743 g/mol. The van der Waals surface area contributed by atoms with Gasteiger partial charge in [0.2, 0.25) is 0 Å². The van der Waals surface area contributed by atoms with Crippen LogP contribution in [0.3, 0.4) is 0 Å². The summed E-state index contributed by atoms with van der Waals surface area (Å²) in [4.78, 5) is 20.6. The summed E-state index contributed by atoms with van der Waals surface area (Å²) < 4.78 is 13.0. The molecule has 1 N–H and O–H groups in total. The topological polar surface area (TPSA) is 63.3 Å². The zero-order valence-electron chi connectivity index (χ0n) is 34.7. The van der Waals surface area contributed by atoms with Gasteiger partial charge in [-0.25, -0.2) is 4.98 Å². The van der Waals surface area contributed by atoms with Crippen molar-refractivity contribution >= 4 is 22.7 Å². The highest BCUT2D eigenvalue weighted by Gasteiger charge is 2.63. The van der Waals surface area contributed by atoms with Crippen LogP contribution in [-0.2, 0) is 15.7 Å². The third-order valence-corrected chi connectivity index (χ3v) is 11.4. The number of H-pyrrole nitrogens is 1. The number of nitrogens with zero attached hydrogens (tertiary/aromatic N) is 6. The largest absolute Gasteiger partial charge is 0.493 e. The molecule has 0 bridgehead atoms. The van der Waals surface area contributed by atoms with Crippen molar-refractivity contribution in [2.75, 3.05) is 108 Å². The SMILES string of the molecule is CCOc1cc(N(CC)CC)ccc1C(c1ccc(N(C)C)cc1)(c1ncc[nH]1)C(c1ccc(N(C)C)cc1)(c1ccc(N(C)C)cc1C)N1CCOCC1. The lowest BCUT2D eigenvalue weighted by Gasteiger charge is -2.58. The molecular weight excluding hydrogens is 683 g/mol. The van der Waals surface area contributed by atoms with Gasteiger partial charge in [0.05, 0.1) is 25.4 Å². The Morgan fingerprint density at radius 3 is 1.75 bits per heavy atom. The van der Waals surface area contributed by atoms with Crippen molar-refractivity contribution in [3.8, 4) is 5.75 Å². The summed E-state index contributed by atoms with van der Waals surface area (Å²) in [5, 5.41) is 0. The normalized spacial score (nSPS) is 15.5. The van der Waals surface area contributed by atoms with Crippen molar-refractivity contribution < 1.29 is 9.47 Å². The van der Waals surface area contributed by atoms with Gasteiger partial charge in [-0.05, 0) is 92.4 Å². The summed E-state index contributed by atoms with van der Waals surface area (Å²) in [6.07, 6.45) is 3.86. The predicted molar refractivity (Wildman–Crippen MR) is 230 cm³/mol. The molecule has 2 heterocycles. The molecule has 2 atom stereocenters. The van der Waals surface area contributed by atoms with Crippen LogP contribution < -0.4 is 24.3 Å². The number of aryl methyl sites for hydroxylation is 1. The molecule has 1 fully saturated rings. The Balaban J connectivity index is 1.91. The Hall–Kier alpha value is -4.99. The lowest BCUT2D eigenvalue weighted by molar-refractivity contribution is -0.0299. The van der Waals surface area contributed by atoms with E-state index in [4.69, 9.17) is 14.5 Å². The van der Waals surface area contributed by atoms with Crippen LogP contribution in [0.4, 0.5) is 22.7 Å². The summed E-state index contributed by atoms with van der Waals surface area (Å²) in [5.41, 5.74) is 8.35. The van der Waals surface area contributed by atoms with E-state index in [2.05, 4.69) is 184 Å². The molecule has 4 aromatic carbocycles. The van der Waals surface area contributed by atoms with Crippen molar-refractivity contribution in [3.63, 3.8) is 0 Å². The number of aromatic nitrogens is 2. The molecule has 1 aliphatic heterocycles. The fourth-order valence-electron chi connectivity index (χ4n) is 8.75. The van der Waals surface area contributed by atoms with Crippen LogP contribution >= 0.6 is 0 Å². The lowest BCUT2D eigenvalue weighted by Crippen LogP contribution is -2.64. The Kier molecular flexibility index (Phi) is 12.1. The second kappa shape index (κ2) is 16.8. The van der Waals surface area contributed by atoms with Gasteiger partial charge >= 0.3 is 0 Å². The number of aromatic amines is 1. The first-order chi connectivity index (χ1) is 26.5. The number of rotatable bonds is 15. The Bertz CT molecular complexity index is 1980. The smallest absolute Gasteiger partial charge is 0.126 e. The van der Waals surface area contributed by atoms with Gasteiger partial charge in [-0.2, -0.15) is 0 Å². The molecule has 0 spiro atoms. The summed E-state index contributed by atoms with van der Waals surface area (Å²) in [5.74, 6) is 1.67. The third-order valence-electron chi connectivity index (χ3n) is 11.4. The number of anilines is 4. The maximum absolute atomic E-state index is 6.86. The first-order valence-corrected chi connectivity index (χ1v) is 19.7. The van der Waals surface area contributed by atoms with E-state index >= 15 is 0 Å². The molecular formula is C46H61N7O2. The molecule has 1 aliphatic rings. The highest BCUT2D eigenvalue weighted by molar-refractivity contribution is 5.69. The first kappa shape index (κ1) is 39.7. The molecule has 1 saturated heterocycles. The zero-order chi connectivity index (χ0) is 39.3. The van der Waals surface area contributed by atoms with Crippen LogP contribution in [0.15, 0.2) is 97.3 Å². The molecule has 5 aromatic rings. The number of hydrogen-bond acceptors (Lipinski definition) is 8. The molecule has 1 aromatic heterocycles. The lowest BCUT2D eigenvalue weighted by atomic mass is 9.54. The van der Waals surface area contributed by atoms with Crippen molar-refractivity contribution in [1.29, 1.82) is 0 Å². The van der Waals surface area contributed by atoms with Crippen LogP contribution in [0, 0.1) is 6.92 Å². The second-order valence-electron chi connectivity index (χ2n) is 15.1. The van der Waals surface area contributed by atoms with E-state index in [1.54, 1.807) is 0 Å². The van der Waals surface area contributed by atoms with E-state index in [0.29, 0.717) is 32.9 Å². The highest BCUT2D eigenvalue weighted by atomic mass is 16.5. The van der Waals surface area contributed by atoms with Crippen LogP contribution in [0.5, 0.6) is 5.75 Å². The van der Waals surface area contributed by atoms with Gasteiger partial charge in [0.1, 0.15) is 17.0 Å². The van der Waals surface area contributed by atoms with Crippen molar-refractivity contribution in [2.45, 2.75) is 38.6 Å². The molecule has 0 saturated carbocycles. The molecule has 6 rings (SSSR count). The average molecular weight is 744 g/mol. The zero-order valence-corrected chi connectivity index (χ0v) is 34.7. The molecule has 0 aliphatic carbocycles. The number of imidazole rings is 1.